The highest BCUT2D eigenvalue weighted by Crippen LogP contribution is 2.14. The molecule has 0 fully saturated rings. The molecule has 0 amide bonds. The van der Waals surface area contributed by atoms with E-state index in [0.29, 0.717) is 19.3 Å². The van der Waals surface area contributed by atoms with Gasteiger partial charge < -0.3 is 14.2 Å². The van der Waals surface area contributed by atoms with Gasteiger partial charge in [-0.25, -0.2) is 0 Å². The van der Waals surface area contributed by atoms with Gasteiger partial charge in [0.2, 0.25) is 0 Å². The van der Waals surface area contributed by atoms with Crippen LogP contribution in [0.4, 0.5) is 0 Å². The Hall–Kier alpha value is -4.19. The molecular formula is C66H108O6. The summed E-state index contributed by atoms with van der Waals surface area (Å²) in [4.78, 5) is 38.0. The molecule has 6 nitrogen and oxygen atoms in total. The molecule has 0 aromatic heterocycles. The van der Waals surface area contributed by atoms with Gasteiger partial charge in [0.25, 0.3) is 0 Å². The van der Waals surface area contributed by atoms with Gasteiger partial charge in [0.05, 0.1) is 0 Å². The van der Waals surface area contributed by atoms with E-state index < -0.39 is 6.10 Å². The van der Waals surface area contributed by atoms with Gasteiger partial charge in [-0.3, -0.25) is 14.4 Å². The maximum atomic E-state index is 12.8. The van der Waals surface area contributed by atoms with Crippen LogP contribution in [0.5, 0.6) is 0 Å². The van der Waals surface area contributed by atoms with Gasteiger partial charge in [0.1, 0.15) is 13.2 Å². The largest absolute Gasteiger partial charge is 0.462 e. The number of hydrogen-bond donors (Lipinski definition) is 0. The van der Waals surface area contributed by atoms with Crippen molar-refractivity contribution in [2.45, 2.75) is 264 Å². The highest BCUT2D eigenvalue weighted by molar-refractivity contribution is 5.71. The first-order chi connectivity index (χ1) is 35.5. The molecule has 0 aliphatic heterocycles. The van der Waals surface area contributed by atoms with Gasteiger partial charge in [0, 0.05) is 19.3 Å². The van der Waals surface area contributed by atoms with E-state index in [9.17, 15) is 14.4 Å². The number of allylic oxidation sites excluding steroid dienone is 20. The fourth-order valence-electron chi connectivity index (χ4n) is 7.78. The third-order valence-electron chi connectivity index (χ3n) is 12.2. The molecule has 0 spiro atoms. The van der Waals surface area contributed by atoms with Crippen molar-refractivity contribution in [1.82, 2.24) is 0 Å². The number of hydrogen-bond acceptors (Lipinski definition) is 6. The van der Waals surface area contributed by atoms with Crippen LogP contribution in [0, 0.1) is 0 Å². The normalized spacial score (nSPS) is 13.0. The Labute approximate surface area is 443 Å². The number of rotatable bonds is 52. The van der Waals surface area contributed by atoms with Crippen LogP contribution in [-0.4, -0.2) is 37.2 Å². The van der Waals surface area contributed by atoms with E-state index in [4.69, 9.17) is 14.2 Å². The summed E-state index contributed by atoms with van der Waals surface area (Å²) >= 11 is 0. The van der Waals surface area contributed by atoms with Crippen molar-refractivity contribution < 1.29 is 28.6 Å². The molecule has 0 aliphatic rings. The van der Waals surface area contributed by atoms with Crippen LogP contribution >= 0.6 is 0 Å². The fourth-order valence-corrected chi connectivity index (χ4v) is 7.78. The Bertz CT molecular complexity index is 1520. The first-order valence-electron chi connectivity index (χ1n) is 29.5. The van der Waals surface area contributed by atoms with Crippen molar-refractivity contribution in [3.8, 4) is 0 Å². The quantitative estimate of drug-likeness (QED) is 0.0261. The molecule has 0 bridgehead atoms. The maximum absolute atomic E-state index is 12.8. The average molecular weight is 998 g/mol. The predicted octanol–water partition coefficient (Wildman–Crippen LogP) is 20.0. The highest BCUT2D eigenvalue weighted by Gasteiger charge is 2.19. The van der Waals surface area contributed by atoms with Gasteiger partial charge in [0.15, 0.2) is 6.10 Å². The molecule has 0 aliphatic carbocycles. The molecule has 0 aromatic carbocycles. The summed E-state index contributed by atoms with van der Waals surface area (Å²) in [5, 5.41) is 0. The minimum atomic E-state index is -0.794. The molecule has 0 radical (unpaired) electrons. The Morgan fingerprint density at radius 1 is 0.292 bits per heavy atom. The van der Waals surface area contributed by atoms with Crippen LogP contribution in [0.15, 0.2) is 122 Å². The zero-order valence-electron chi connectivity index (χ0n) is 46.7. The molecule has 0 aromatic rings. The van der Waals surface area contributed by atoms with Crippen molar-refractivity contribution in [2.24, 2.45) is 0 Å². The van der Waals surface area contributed by atoms with Crippen molar-refractivity contribution in [2.75, 3.05) is 13.2 Å². The molecule has 0 saturated carbocycles. The number of carbonyl (C=O) groups excluding carboxylic acids is 3. The summed E-state index contributed by atoms with van der Waals surface area (Å²) in [5.41, 5.74) is 0. The van der Waals surface area contributed by atoms with Gasteiger partial charge in [-0.05, 0) is 116 Å². The minimum absolute atomic E-state index is 0.0913. The molecule has 6 heteroatoms. The Morgan fingerprint density at radius 3 is 0.875 bits per heavy atom. The summed E-state index contributed by atoms with van der Waals surface area (Å²) < 4.78 is 16.8. The number of ether oxygens (including phenoxy) is 3. The van der Waals surface area contributed by atoms with Gasteiger partial charge in [-0.15, -0.1) is 0 Å². The standard InChI is InChI=1S/C66H108O6/c1-4-7-10-13-16-19-21-23-25-27-29-30-31-32-33-34-35-36-38-39-41-43-45-47-50-53-56-59-65(68)71-62-63(61-70-64(67)58-55-52-49-18-15-12-9-6-3)72-66(69)60-57-54-51-48-46-44-42-40-37-28-26-24-22-20-17-14-11-8-5-2/h7,10,16-17,19-20,23-26,29-30,32-33,35-37,39-41,63H,4-6,8-9,11-15,18,21-22,27-28,31,34,38,42-62H2,1-3H3/b10-7-,19-16-,20-17-,25-23-,26-24-,30-29-,33-32-,36-35-,40-37-,41-39-. The van der Waals surface area contributed by atoms with Gasteiger partial charge in [-0.2, -0.15) is 0 Å². The van der Waals surface area contributed by atoms with E-state index >= 15 is 0 Å². The highest BCUT2D eigenvalue weighted by atomic mass is 16.6. The Kier molecular flexibility index (Phi) is 55.9. The summed E-state index contributed by atoms with van der Waals surface area (Å²) in [5.74, 6) is -0.930. The zero-order chi connectivity index (χ0) is 52.2. The van der Waals surface area contributed by atoms with Crippen molar-refractivity contribution in [3.05, 3.63) is 122 Å². The number of esters is 3. The van der Waals surface area contributed by atoms with E-state index in [1.54, 1.807) is 0 Å². The fraction of sp³-hybridized carbons (Fsp3) is 0.652. The lowest BCUT2D eigenvalue weighted by atomic mass is 10.1. The minimum Gasteiger partial charge on any atom is -0.462 e. The first-order valence-corrected chi connectivity index (χ1v) is 29.5. The van der Waals surface area contributed by atoms with Gasteiger partial charge >= 0.3 is 17.9 Å². The van der Waals surface area contributed by atoms with Crippen molar-refractivity contribution in [1.29, 1.82) is 0 Å². The molecular weight excluding hydrogens is 889 g/mol. The molecule has 0 heterocycles. The lowest BCUT2D eigenvalue weighted by Gasteiger charge is -2.18. The summed E-state index contributed by atoms with van der Waals surface area (Å²) in [7, 11) is 0. The summed E-state index contributed by atoms with van der Waals surface area (Å²) in [6.45, 7) is 6.44. The van der Waals surface area contributed by atoms with E-state index in [2.05, 4.69) is 142 Å². The van der Waals surface area contributed by atoms with Crippen LogP contribution in [-0.2, 0) is 28.6 Å². The lowest BCUT2D eigenvalue weighted by Crippen LogP contribution is -2.30. The third-order valence-corrected chi connectivity index (χ3v) is 12.2. The van der Waals surface area contributed by atoms with E-state index in [0.717, 1.165) is 148 Å². The molecule has 408 valence electrons. The zero-order valence-corrected chi connectivity index (χ0v) is 46.7. The monoisotopic (exact) mass is 997 g/mol. The van der Waals surface area contributed by atoms with Gasteiger partial charge in [-0.1, -0.05) is 245 Å². The summed E-state index contributed by atoms with van der Waals surface area (Å²) in [6, 6.07) is 0. The molecule has 1 atom stereocenters. The first kappa shape index (κ1) is 67.8. The maximum Gasteiger partial charge on any atom is 0.306 e. The van der Waals surface area contributed by atoms with Crippen molar-refractivity contribution in [3.63, 3.8) is 0 Å². The lowest BCUT2D eigenvalue weighted by molar-refractivity contribution is -0.167. The summed E-state index contributed by atoms with van der Waals surface area (Å²) in [6.07, 6.45) is 82.0. The molecule has 0 rings (SSSR count). The third kappa shape index (κ3) is 56.7. The second-order valence-corrected chi connectivity index (χ2v) is 19.2. The van der Waals surface area contributed by atoms with Crippen LogP contribution in [0.3, 0.4) is 0 Å². The van der Waals surface area contributed by atoms with E-state index in [1.807, 2.05) is 0 Å². The van der Waals surface area contributed by atoms with Crippen LogP contribution in [0.1, 0.15) is 258 Å². The topological polar surface area (TPSA) is 78.9 Å². The van der Waals surface area contributed by atoms with E-state index in [-0.39, 0.29) is 31.1 Å². The molecule has 0 N–H and O–H groups in total. The second-order valence-electron chi connectivity index (χ2n) is 19.2. The van der Waals surface area contributed by atoms with E-state index in [1.165, 1.54) is 70.6 Å². The second kappa shape index (κ2) is 59.4. The predicted molar refractivity (Wildman–Crippen MR) is 311 cm³/mol. The smallest absolute Gasteiger partial charge is 0.306 e. The van der Waals surface area contributed by atoms with Crippen LogP contribution in [0.25, 0.3) is 0 Å². The SMILES string of the molecule is CC/C=C\C/C=C\C/C=C\C/C=C\C/C=C\C/C=C\C/C=C\CCCCCCCC(=O)OCC(COC(=O)CCCCCCCCCC)OC(=O)CCCCCCCC/C=C\C/C=C\C/C=C\CCCCC. The molecule has 1 unspecified atom stereocenters. The number of carbonyl (C=O) groups is 3. The molecule has 0 saturated heterocycles. The van der Waals surface area contributed by atoms with Crippen LogP contribution in [0.2, 0.25) is 0 Å². The average Bonchev–Trinajstić information content (AvgIpc) is 3.38. The molecule has 72 heavy (non-hydrogen) atoms. The number of unbranched alkanes of at least 4 members (excludes halogenated alkanes) is 21. The van der Waals surface area contributed by atoms with Crippen molar-refractivity contribution >= 4 is 17.9 Å². The Morgan fingerprint density at radius 2 is 0.542 bits per heavy atom. The Balaban J connectivity index is 4.31. The van der Waals surface area contributed by atoms with Crippen LogP contribution < -0.4 is 0 Å².